The van der Waals surface area contributed by atoms with Crippen molar-refractivity contribution in [3.8, 4) is 0 Å². The van der Waals surface area contributed by atoms with Gasteiger partial charge in [0.25, 0.3) is 5.91 Å². The summed E-state index contributed by atoms with van der Waals surface area (Å²) in [6, 6.07) is 14.4. The van der Waals surface area contributed by atoms with Crippen LogP contribution in [0.4, 0.5) is 5.82 Å². The SMILES string of the molecule is CC[C@@H](CC(=O)N1C(=O)[C@H](Cc2ccnc(C)c2)[C@H]1C(=O)N(C)c1ccn(C)n1)c1ccccc1. The van der Waals surface area contributed by atoms with Crippen LogP contribution in [0.2, 0.25) is 0 Å². The molecule has 35 heavy (non-hydrogen) atoms. The monoisotopic (exact) mass is 473 g/mol. The first-order chi connectivity index (χ1) is 16.8. The Morgan fingerprint density at radius 1 is 1.14 bits per heavy atom. The summed E-state index contributed by atoms with van der Waals surface area (Å²) in [6.07, 6.45) is 4.73. The van der Waals surface area contributed by atoms with Gasteiger partial charge >= 0.3 is 0 Å². The van der Waals surface area contributed by atoms with Gasteiger partial charge in [0.1, 0.15) is 6.04 Å². The van der Waals surface area contributed by atoms with Gasteiger partial charge in [0, 0.05) is 44.7 Å². The molecule has 0 spiro atoms. The molecule has 182 valence electrons. The Labute approximate surface area is 205 Å². The van der Waals surface area contributed by atoms with E-state index in [4.69, 9.17) is 0 Å². The molecule has 0 saturated carbocycles. The Morgan fingerprint density at radius 3 is 2.51 bits per heavy atom. The third-order valence-electron chi connectivity index (χ3n) is 6.71. The largest absolute Gasteiger partial charge is 0.297 e. The number of amides is 3. The first kappa shape index (κ1) is 24.3. The van der Waals surface area contributed by atoms with Gasteiger partial charge in [-0.15, -0.1) is 0 Å². The number of pyridine rings is 1. The number of likely N-dealkylation sites (N-methyl/N-ethyl adjacent to an activating group) is 1. The average molecular weight is 474 g/mol. The van der Waals surface area contributed by atoms with Gasteiger partial charge in [-0.1, -0.05) is 37.3 Å². The number of aryl methyl sites for hydroxylation is 2. The maximum atomic E-state index is 13.6. The molecule has 8 heteroatoms. The maximum absolute atomic E-state index is 13.6. The van der Waals surface area contributed by atoms with Crippen molar-refractivity contribution in [3.63, 3.8) is 0 Å². The summed E-state index contributed by atoms with van der Waals surface area (Å²) in [7, 11) is 3.40. The van der Waals surface area contributed by atoms with Crippen LogP contribution in [0.1, 0.15) is 42.5 Å². The number of aromatic nitrogens is 3. The third-order valence-corrected chi connectivity index (χ3v) is 6.71. The summed E-state index contributed by atoms with van der Waals surface area (Å²) in [5.74, 6) is -1.11. The molecule has 1 fully saturated rings. The molecule has 3 atom stereocenters. The molecule has 4 rings (SSSR count). The van der Waals surface area contributed by atoms with Gasteiger partial charge in [-0.3, -0.25) is 33.8 Å². The topological polar surface area (TPSA) is 88.4 Å². The van der Waals surface area contributed by atoms with E-state index in [0.29, 0.717) is 12.2 Å². The van der Waals surface area contributed by atoms with Crippen molar-refractivity contribution in [3.05, 3.63) is 77.7 Å². The summed E-state index contributed by atoms with van der Waals surface area (Å²) in [5.41, 5.74) is 2.80. The zero-order valence-corrected chi connectivity index (χ0v) is 20.6. The Morgan fingerprint density at radius 2 is 1.89 bits per heavy atom. The fourth-order valence-corrected chi connectivity index (χ4v) is 4.72. The van der Waals surface area contributed by atoms with E-state index >= 15 is 0 Å². The van der Waals surface area contributed by atoms with Crippen LogP contribution < -0.4 is 4.90 Å². The first-order valence-corrected chi connectivity index (χ1v) is 11.9. The number of nitrogens with zero attached hydrogens (tertiary/aromatic N) is 5. The minimum Gasteiger partial charge on any atom is -0.297 e. The number of carbonyl (C=O) groups excluding carboxylic acids is 3. The van der Waals surface area contributed by atoms with Crippen LogP contribution in [0.5, 0.6) is 0 Å². The first-order valence-electron chi connectivity index (χ1n) is 11.9. The van der Waals surface area contributed by atoms with Gasteiger partial charge < -0.3 is 0 Å². The summed E-state index contributed by atoms with van der Waals surface area (Å²) in [4.78, 5) is 47.1. The van der Waals surface area contributed by atoms with E-state index in [1.54, 1.807) is 37.2 Å². The zero-order valence-electron chi connectivity index (χ0n) is 20.6. The number of rotatable bonds is 8. The maximum Gasteiger partial charge on any atom is 0.252 e. The smallest absolute Gasteiger partial charge is 0.252 e. The van der Waals surface area contributed by atoms with Gasteiger partial charge in [0.05, 0.1) is 5.92 Å². The predicted molar refractivity (Wildman–Crippen MR) is 133 cm³/mol. The number of likely N-dealkylation sites (tertiary alicyclic amines) is 1. The fourth-order valence-electron chi connectivity index (χ4n) is 4.72. The molecule has 3 aromatic rings. The molecule has 0 aliphatic carbocycles. The molecular weight excluding hydrogens is 442 g/mol. The number of anilines is 1. The van der Waals surface area contributed by atoms with Crippen LogP contribution in [0, 0.1) is 12.8 Å². The third kappa shape index (κ3) is 5.01. The van der Waals surface area contributed by atoms with Crippen molar-refractivity contribution < 1.29 is 14.4 Å². The van der Waals surface area contributed by atoms with Crippen LogP contribution in [-0.4, -0.2) is 50.5 Å². The predicted octanol–water partition coefficient (Wildman–Crippen LogP) is 3.27. The number of carbonyl (C=O) groups is 3. The van der Waals surface area contributed by atoms with E-state index in [-0.39, 0.29) is 30.1 Å². The number of hydrogen-bond acceptors (Lipinski definition) is 5. The standard InChI is InChI=1S/C27H31N5O3/c1-5-20(21-9-7-6-8-10-21)17-24(33)32-25(27(35)31(4)23-12-14-30(3)29-23)22(26(32)34)16-19-11-13-28-18(2)15-19/h6-15,20,22,25H,5,16-17H2,1-4H3/t20-,22+,25-/m0/s1. The number of hydrogen-bond donors (Lipinski definition) is 0. The highest BCUT2D eigenvalue weighted by atomic mass is 16.2. The second kappa shape index (κ2) is 10.2. The van der Waals surface area contributed by atoms with Crippen LogP contribution in [0.3, 0.4) is 0 Å². The minimum atomic E-state index is -0.872. The molecular formula is C27H31N5O3. The Kier molecular flexibility index (Phi) is 7.10. The molecule has 8 nitrogen and oxygen atoms in total. The van der Waals surface area contributed by atoms with E-state index in [1.807, 2.05) is 56.3 Å². The quantitative estimate of drug-likeness (QED) is 0.469. The Bertz CT molecular complexity index is 1220. The van der Waals surface area contributed by atoms with Crippen LogP contribution in [0.15, 0.2) is 60.9 Å². The molecule has 0 radical (unpaired) electrons. The Balaban J connectivity index is 1.59. The molecule has 1 aromatic carbocycles. The van der Waals surface area contributed by atoms with Crippen molar-refractivity contribution in [2.75, 3.05) is 11.9 Å². The van der Waals surface area contributed by atoms with Gasteiger partial charge in [-0.2, -0.15) is 5.10 Å². The van der Waals surface area contributed by atoms with Gasteiger partial charge in [0.15, 0.2) is 5.82 Å². The van der Waals surface area contributed by atoms with E-state index in [9.17, 15) is 14.4 Å². The number of benzene rings is 1. The molecule has 1 aliphatic rings. The number of β-lactam (4-membered cyclic amide) rings is 1. The lowest BCUT2D eigenvalue weighted by molar-refractivity contribution is -0.170. The summed E-state index contributed by atoms with van der Waals surface area (Å²) in [6.45, 7) is 3.91. The lowest BCUT2D eigenvalue weighted by Gasteiger charge is -2.46. The molecule has 0 N–H and O–H groups in total. The van der Waals surface area contributed by atoms with Crippen LogP contribution in [-0.2, 0) is 27.9 Å². The lowest BCUT2D eigenvalue weighted by Crippen LogP contribution is -2.69. The second-order valence-corrected chi connectivity index (χ2v) is 9.13. The highest BCUT2D eigenvalue weighted by Crippen LogP contribution is 2.35. The van der Waals surface area contributed by atoms with Crippen LogP contribution >= 0.6 is 0 Å². The van der Waals surface area contributed by atoms with Gasteiger partial charge in [0.2, 0.25) is 11.8 Å². The zero-order chi connectivity index (χ0) is 25.1. The highest BCUT2D eigenvalue weighted by Gasteiger charge is 2.55. The molecule has 3 amide bonds. The van der Waals surface area contributed by atoms with Gasteiger partial charge in [-0.25, -0.2) is 0 Å². The molecule has 3 heterocycles. The molecule has 0 bridgehead atoms. The van der Waals surface area contributed by atoms with Crippen LogP contribution in [0.25, 0.3) is 0 Å². The van der Waals surface area contributed by atoms with Crippen molar-refractivity contribution in [2.45, 2.75) is 45.1 Å². The molecule has 1 saturated heterocycles. The van der Waals surface area contributed by atoms with E-state index in [2.05, 4.69) is 10.1 Å². The number of imide groups is 1. The molecule has 2 aromatic heterocycles. The van der Waals surface area contributed by atoms with Crippen molar-refractivity contribution in [1.29, 1.82) is 0 Å². The van der Waals surface area contributed by atoms with Gasteiger partial charge in [-0.05, 0) is 48.9 Å². The average Bonchev–Trinajstić information content (AvgIpc) is 3.29. The molecule has 0 unspecified atom stereocenters. The van der Waals surface area contributed by atoms with Crippen molar-refractivity contribution in [2.24, 2.45) is 13.0 Å². The normalized spacial score (nSPS) is 18.2. The second-order valence-electron chi connectivity index (χ2n) is 9.13. The molecule has 1 aliphatic heterocycles. The van der Waals surface area contributed by atoms with E-state index in [1.165, 1.54) is 9.80 Å². The van der Waals surface area contributed by atoms with E-state index in [0.717, 1.165) is 23.2 Å². The Hall–Kier alpha value is -3.81. The van der Waals surface area contributed by atoms with Crippen molar-refractivity contribution >= 4 is 23.5 Å². The van der Waals surface area contributed by atoms with Crippen molar-refractivity contribution in [1.82, 2.24) is 19.7 Å². The minimum absolute atomic E-state index is 0.0253. The summed E-state index contributed by atoms with van der Waals surface area (Å²) >= 11 is 0. The van der Waals surface area contributed by atoms with E-state index < -0.39 is 12.0 Å². The fraction of sp³-hybridized carbons (Fsp3) is 0.370. The summed E-state index contributed by atoms with van der Waals surface area (Å²) < 4.78 is 1.61. The lowest BCUT2D eigenvalue weighted by atomic mass is 9.80. The highest BCUT2D eigenvalue weighted by molar-refractivity contribution is 6.12. The summed E-state index contributed by atoms with van der Waals surface area (Å²) in [5, 5.41) is 4.31.